The first-order chi connectivity index (χ1) is 10.8. The number of aryl methyl sites for hydroxylation is 1. The van der Waals surface area contributed by atoms with Gasteiger partial charge in [0.05, 0.1) is 17.6 Å². The maximum Gasteiger partial charge on any atom is 0.250 e. The smallest absolute Gasteiger partial charge is 0.250 e. The van der Waals surface area contributed by atoms with Gasteiger partial charge in [0.25, 0.3) is 0 Å². The van der Waals surface area contributed by atoms with Crippen molar-refractivity contribution < 1.29 is 9.53 Å². The maximum absolute atomic E-state index is 12.0. The Morgan fingerprint density at radius 1 is 1.50 bits per heavy atom. The number of benzene rings is 1. The van der Waals surface area contributed by atoms with E-state index in [-0.39, 0.29) is 12.0 Å². The van der Waals surface area contributed by atoms with Gasteiger partial charge >= 0.3 is 0 Å². The van der Waals surface area contributed by atoms with Gasteiger partial charge in [-0.1, -0.05) is 12.1 Å². The van der Waals surface area contributed by atoms with Gasteiger partial charge in [0.1, 0.15) is 11.9 Å². The van der Waals surface area contributed by atoms with E-state index in [9.17, 15) is 4.79 Å². The van der Waals surface area contributed by atoms with Crippen LogP contribution in [0.3, 0.4) is 0 Å². The standard InChI is InChI=1S/C16H22N4O2/c1-2-20-13-6-4-3-5-12(13)19-15(20)7-8-18-16(21)14-11-17-9-10-22-14/h3-6,14,17H,2,7-11H2,1H3,(H,18,21). The van der Waals surface area contributed by atoms with E-state index in [0.717, 1.165) is 29.9 Å². The molecule has 1 aromatic heterocycles. The zero-order valence-electron chi connectivity index (χ0n) is 12.8. The van der Waals surface area contributed by atoms with Crippen LogP contribution in [0.25, 0.3) is 11.0 Å². The van der Waals surface area contributed by atoms with Crippen LogP contribution in [0.4, 0.5) is 0 Å². The van der Waals surface area contributed by atoms with Gasteiger partial charge < -0.3 is 19.9 Å². The topological polar surface area (TPSA) is 68.2 Å². The molecule has 0 bridgehead atoms. The fourth-order valence-electron chi connectivity index (χ4n) is 2.81. The van der Waals surface area contributed by atoms with Crippen molar-refractivity contribution >= 4 is 16.9 Å². The molecule has 1 aromatic carbocycles. The van der Waals surface area contributed by atoms with E-state index in [1.807, 2.05) is 18.2 Å². The molecule has 22 heavy (non-hydrogen) atoms. The Morgan fingerprint density at radius 2 is 2.36 bits per heavy atom. The molecule has 1 aliphatic rings. The molecule has 2 N–H and O–H groups in total. The second-order valence-electron chi connectivity index (χ2n) is 5.37. The predicted molar refractivity (Wildman–Crippen MR) is 84.7 cm³/mol. The van der Waals surface area contributed by atoms with Gasteiger partial charge in [-0.3, -0.25) is 4.79 Å². The molecule has 1 fully saturated rings. The summed E-state index contributed by atoms with van der Waals surface area (Å²) >= 11 is 0. The van der Waals surface area contributed by atoms with Crippen molar-refractivity contribution in [2.75, 3.05) is 26.2 Å². The second kappa shape index (κ2) is 6.89. The lowest BCUT2D eigenvalue weighted by Crippen LogP contribution is -2.48. The largest absolute Gasteiger partial charge is 0.366 e. The van der Waals surface area contributed by atoms with E-state index in [1.165, 1.54) is 0 Å². The van der Waals surface area contributed by atoms with Crippen molar-refractivity contribution in [1.29, 1.82) is 0 Å². The van der Waals surface area contributed by atoms with Gasteiger partial charge in [-0.25, -0.2) is 4.98 Å². The third-order valence-corrected chi connectivity index (χ3v) is 3.92. The van der Waals surface area contributed by atoms with Crippen LogP contribution in [0.15, 0.2) is 24.3 Å². The number of nitrogens with zero attached hydrogens (tertiary/aromatic N) is 2. The number of nitrogens with one attached hydrogen (secondary N) is 2. The van der Waals surface area contributed by atoms with Gasteiger partial charge in [0, 0.05) is 32.6 Å². The Kier molecular flexibility index (Phi) is 4.70. The van der Waals surface area contributed by atoms with Gasteiger partial charge in [0.2, 0.25) is 5.91 Å². The van der Waals surface area contributed by atoms with Crippen molar-refractivity contribution in [2.45, 2.75) is 26.0 Å². The lowest BCUT2D eigenvalue weighted by molar-refractivity contribution is -0.134. The van der Waals surface area contributed by atoms with Crippen LogP contribution in [0.5, 0.6) is 0 Å². The molecule has 2 aromatic rings. The Bertz CT molecular complexity index is 647. The first-order valence-corrected chi connectivity index (χ1v) is 7.83. The summed E-state index contributed by atoms with van der Waals surface area (Å²) in [7, 11) is 0. The molecule has 118 valence electrons. The van der Waals surface area contributed by atoms with E-state index in [2.05, 4.69) is 33.2 Å². The first kappa shape index (κ1) is 15.0. The number of carbonyl (C=O) groups is 1. The number of hydrogen-bond donors (Lipinski definition) is 2. The number of amides is 1. The van der Waals surface area contributed by atoms with Gasteiger partial charge in [0.15, 0.2) is 0 Å². The van der Waals surface area contributed by atoms with E-state index in [1.54, 1.807) is 0 Å². The molecule has 0 spiro atoms. The zero-order chi connectivity index (χ0) is 15.4. The highest BCUT2D eigenvalue weighted by Crippen LogP contribution is 2.16. The number of imidazole rings is 1. The first-order valence-electron chi connectivity index (χ1n) is 7.83. The minimum absolute atomic E-state index is 0.0497. The molecule has 6 nitrogen and oxygen atoms in total. The average Bonchev–Trinajstić information content (AvgIpc) is 2.93. The Labute approximate surface area is 129 Å². The minimum atomic E-state index is -0.376. The fraction of sp³-hybridized carbons (Fsp3) is 0.500. The number of ether oxygens (including phenoxy) is 1. The van der Waals surface area contributed by atoms with Gasteiger partial charge in [-0.15, -0.1) is 0 Å². The molecule has 6 heteroatoms. The molecule has 1 amide bonds. The molecule has 0 radical (unpaired) electrons. The minimum Gasteiger partial charge on any atom is -0.366 e. The van der Waals surface area contributed by atoms with Crippen molar-refractivity contribution in [3.8, 4) is 0 Å². The number of rotatable bonds is 5. The van der Waals surface area contributed by atoms with Crippen LogP contribution in [-0.4, -0.2) is 47.8 Å². The number of aromatic nitrogens is 2. The molecule has 0 aliphatic carbocycles. The monoisotopic (exact) mass is 302 g/mol. The molecule has 2 heterocycles. The second-order valence-corrected chi connectivity index (χ2v) is 5.37. The van der Waals surface area contributed by atoms with E-state index in [4.69, 9.17) is 4.74 Å². The van der Waals surface area contributed by atoms with Gasteiger partial charge in [-0.05, 0) is 19.1 Å². The molecule has 1 aliphatic heterocycles. The summed E-state index contributed by atoms with van der Waals surface area (Å²) in [6.45, 7) is 5.53. The lowest BCUT2D eigenvalue weighted by atomic mass is 10.3. The molecule has 1 saturated heterocycles. The highest BCUT2D eigenvalue weighted by Gasteiger charge is 2.21. The normalized spacial score (nSPS) is 18.5. The quantitative estimate of drug-likeness (QED) is 0.853. The predicted octanol–water partition coefficient (Wildman–Crippen LogP) is 0.703. The summed E-state index contributed by atoms with van der Waals surface area (Å²) in [5.41, 5.74) is 2.15. The molecule has 0 saturated carbocycles. The van der Waals surface area contributed by atoms with Crippen LogP contribution in [-0.2, 0) is 22.5 Å². The van der Waals surface area contributed by atoms with Crippen molar-refractivity contribution in [2.24, 2.45) is 0 Å². The third kappa shape index (κ3) is 3.13. The summed E-state index contributed by atoms with van der Waals surface area (Å²) in [5.74, 6) is 0.957. The van der Waals surface area contributed by atoms with Crippen LogP contribution < -0.4 is 10.6 Å². The molecular formula is C16H22N4O2. The summed E-state index contributed by atoms with van der Waals surface area (Å²) < 4.78 is 7.63. The third-order valence-electron chi connectivity index (χ3n) is 3.92. The number of hydrogen-bond acceptors (Lipinski definition) is 4. The highest BCUT2D eigenvalue weighted by atomic mass is 16.5. The zero-order valence-corrected chi connectivity index (χ0v) is 12.8. The lowest BCUT2D eigenvalue weighted by Gasteiger charge is -2.22. The van der Waals surface area contributed by atoms with Crippen molar-refractivity contribution in [3.05, 3.63) is 30.1 Å². The van der Waals surface area contributed by atoms with Crippen LogP contribution in [0.2, 0.25) is 0 Å². The average molecular weight is 302 g/mol. The molecular weight excluding hydrogens is 280 g/mol. The van der Waals surface area contributed by atoms with Crippen LogP contribution in [0, 0.1) is 0 Å². The number of fused-ring (bicyclic) bond motifs is 1. The fourth-order valence-corrected chi connectivity index (χ4v) is 2.81. The maximum atomic E-state index is 12.0. The Balaban J connectivity index is 1.60. The molecule has 3 rings (SSSR count). The Hall–Kier alpha value is -1.92. The van der Waals surface area contributed by atoms with Crippen LogP contribution >= 0.6 is 0 Å². The van der Waals surface area contributed by atoms with E-state index >= 15 is 0 Å². The van der Waals surface area contributed by atoms with E-state index in [0.29, 0.717) is 26.1 Å². The Morgan fingerprint density at radius 3 is 3.14 bits per heavy atom. The highest BCUT2D eigenvalue weighted by molar-refractivity contribution is 5.81. The van der Waals surface area contributed by atoms with Crippen LogP contribution in [0.1, 0.15) is 12.7 Å². The summed E-state index contributed by atoms with van der Waals surface area (Å²) in [6, 6.07) is 8.12. The summed E-state index contributed by atoms with van der Waals surface area (Å²) in [6.07, 6.45) is 0.341. The summed E-state index contributed by atoms with van der Waals surface area (Å²) in [4.78, 5) is 16.7. The van der Waals surface area contributed by atoms with Crippen molar-refractivity contribution in [1.82, 2.24) is 20.2 Å². The number of carbonyl (C=O) groups excluding carboxylic acids is 1. The van der Waals surface area contributed by atoms with Gasteiger partial charge in [-0.2, -0.15) is 0 Å². The SMILES string of the molecule is CCn1c(CCNC(=O)C2CNCCO2)nc2ccccc21. The number of para-hydroxylation sites is 2. The van der Waals surface area contributed by atoms with Crippen molar-refractivity contribution in [3.63, 3.8) is 0 Å². The molecule has 1 atom stereocenters. The summed E-state index contributed by atoms with van der Waals surface area (Å²) in [5, 5.41) is 6.10. The molecule has 1 unspecified atom stereocenters. The van der Waals surface area contributed by atoms with E-state index < -0.39 is 0 Å². The number of morpholine rings is 1.